The van der Waals surface area contributed by atoms with E-state index in [0.29, 0.717) is 23.6 Å². The quantitative estimate of drug-likeness (QED) is 0.493. The number of fused-ring (bicyclic) bond motifs is 1. The van der Waals surface area contributed by atoms with Crippen LogP contribution in [0.5, 0.6) is 0 Å². The van der Waals surface area contributed by atoms with Gasteiger partial charge in [-0.1, -0.05) is 12.5 Å². The molecule has 22 heavy (non-hydrogen) atoms. The van der Waals surface area contributed by atoms with Crippen LogP contribution in [-0.4, -0.2) is 18.6 Å². The molecule has 118 valence electrons. The third kappa shape index (κ3) is 3.96. The minimum absolute atomic E-state index is 0.197. The molecule has 1 aliphatic rings. The van der Waals surface area contributed by atoms with Crippen LogP contribution < -0.4 is 5.32 Å². The van der Waals surface area contributed by atoms with E-state index in [1.54, 1.807) is 24.3 Å². The summed E-state index contributed by atoms with van der Waals surface area (Å²) >= 11 is 1.55. The first-order valence-corrected chi connectivity index (χ1v) is 8.57. The Morgan fingerprint density at radius 2 is 2.27 bits per heavy atom. The largest absolute Gasteiger partial charge is 0.368 e. The molecule has 0 fully saturated rings. The fourth-order valence-electron chi connectivity index (χ4n) is 2.57. The fourth-order valence-corrected chi connectivity index (χ4v) is 3.81. The smallest absolute Gasteiger partial charge is 0.253 e. The van der Waals surface area contributed by atoms with E-state index in [1.165, 1.54) is 11.3 Å². The number of ether oxygens (including phenoxy) is 1. The van der Waals surface area contributed by atoms with Gasteiger partial charge in [0.25, 0.3) is 5.91 Å². The summed E-state index contributed by atoms with van der Waals surface area (Å²) < 4.78 is 5.45. The lowest BCUT2D eigenvalue weighted by atomic mass is 10.1. The predicted molar refractivity (Wildman–Crippen MR) is 89.2 cm³/mol. The van der Waals surface area contributed by atoms with Crippen molar-refractivity contribution in [1.29, 1.82) is 5.26 Å². The Bertz CT molecular complexity index is 586. The second kappa shape index (κ2) is 8.11. The number of carbonyl (C=O) groups is 1. The van der Waals surface area contributed by atoms with Crippen molar-refractivity contribution in [2.45, 2.75) is 51.6 Å². The summed E-state index contributed by atoms with van der Waals surface area (Å²) in [5.74, 6) is -0.197. The number of nitrogens with one attached hydrogen (secondary N) is 1. The maximum atomic E-state index is 12.2. The van der Waals surface area contributed by atoms with E-state index in [9.17, 15) is 10.1 Å². The highest BCUT2D eigenvalue weighted by molar-refractivity contribution is 7.16. The topological polar surface area (TPSA) is 62.1 Å². The molecule has 4 nitrogen and oxygen atoms in total. The lowest BCUT2D eigenvalue weighted by Gasteiger charge is -2.12. The molecule has 1 aromatic rings. The number of nitriles is 1. The van der Waals surface area contributed by atoms with Gasteiger partial charge in [-0.25, -0.2) is 0 Å². The van der Waals surface area contributed by atoms with Crippen molar-refractivity contribution in [2.75, 3.05) is 11.9 Å². The molecule has 1 aromatic heterocycles. The van der Waals surface area contributed by atoms with Gasteiger partial charge in [-0.15, -0.1) is 17.9 Å². The van der Waals surface area contributed by atoms with Gasteiger partial charge in [0, 0.05) is 4.88 Å². The third-order valence-corrected chi connectivity index (χ3v) is 5.04. The number of amides is 1. The van der Waals surface area contributed by atoms with Crippen molar-refractivity contribution in [3.63, 3.8) is 0 Å². The van der Waals surface area contributed by atoms with Crippen molar-refractivity contribution >= 4 is 22.2 Å². The molecule has 1 unspecified atom stereocenters. The molecular formula is C17H22N2O2S. The second-order valence-corrected chi connectivity index (χ2v) is 6.57. The first kappa shape index (κ1) is 16.7. The minimum Gasteiger partial charge on any atom is -0.368 e. The van der Waals surface area contributed by atoms with Gasteiger partial charge in [-0.3, -0.25) is 4.79 Å². The standard InChI is InChI=1S/C17H22N2O2S/c1-3-4-10-21-12(2)16(20)19-17-14(11-18)13-8-6-5-7-9-15(13)22-17/h3,12H,1,4-10H2,2H3,(H,19,20). The summed E-state index contributed by atoms with van der Waals surface area (Å²) in [4.78, 5) is 13.4. The van der Waals surface area contributed by atoms with Crippen molar-refractivity contribution in [3.8, 4) is 6.07 Å². The normalized spacial score (nSPS) is 15.3. The zero-order valence-electron chi connectivity index (χ0n) is 13.0. The summed E-state index contributed by atoms with van der Waals surface area (Å²) in [6, 6.07) is 2.27. The molecule has 0 aromatic carbocycles. The van der Waals surface area contributed by atoms with Gasteiger partial charge in [-0.05, 0) is 44.6 Å². The highest BCUT2D eigenvalue weighted by atomic mass is 32.1. The average molecular weight is 318 g/mol. The van der Waals surface area contributed by atoms with E-state index >= 15 is 0 Å². The van der Waals surface area contributed by atoms with E-state index in [4.69, 9.17) is 4.74 Å². The van der Waals surface area contributed by atoms with Crippen LogP contribution in [0.2, 0.25) is 0 Å². The molecule has 1 heterocycles. The number of anilines is 1. The molecule has 5 heteroatoms. The van der Waals surface area contributed by atoms with Gasteiger partial charge in [0.1, 0.15) is 17.2 Å². The molecule has 1 atom stereocenters. The summed E-state index contributed by atoms with van der Waals surface area (Å²) in [6.07, 6.45) is 7.38. The Labute approximate surface area is 135 Å². The average Bonchev–Trinajstić information content (AvgIpc) is 2.68. The first-order chi connectivity index (χ1) is 10.7. The lowest BCUT2D eigenvalue weighted by molar-refractivity contribution is -0.126. The predicted octanol–water partition coefficient (Wildman–Crippen LogP) is 3.81. The molecule has 2 rings (SSSR count). The van der Waals surface area contributed by atoms with E-state index in [1.807, 2.05) is 0 Å². The molecule has 1 N–H and O–H groups in total. The zero-order valence-corrected chi connectivity index (χ0v) is 13.8. The Hall–Kier alpha value is -1.64. The number of carbonyl (C=O) groups excluding carboxylic acids is 1. The molecular weight excluding hydrogens is 296 g/mol. The van der Waals surface area contributed by atoms with Gasteiger partial charge in [0.2, 0.25) is 0 Å². The number of thiophene rings is 1. The summed E-state index contributed by atoms with van der Waals surface area (Å²) in [5.41, 5.74) is 1.79. The Morgan fingerprint density at radius 1 is 1.50 bits per heavy atom. The van der Waals surface area contributed by atoms with E-state index < -0.39 is 6.10 Å². The van der Waals surface area contributed by atoms with Crippen LogP contribution in [0, 0.1) is 11.3 Å². The highest BCUT2D eigenvalue weighted by Gasteiger charge is 2.22. The molecule has 1 aliphatic carbocycles. The summed E-state index contributed by atoms with van der Waals surface area (Å²) in [5, 5.41) is 13.0. The fraction of sp³-hybridized carbons (Fsp3) is 0.529. The lowest BCUT2D eigenvalue weighted by Crippen LogP contribution is -2.28. The molecule has 0 aliphatic heterocycles. The SMILES string of the molecule is C=CCCOC(C)C(=O)Nc1sc2c(c1C#N)CCCCC2. The van der Waals surface area contributed by atoms with Crippen LogP contribution in [0.4, 0.5) is 5.00 Å². The Morgan fingerprint density at radius 3 is 3.00 bits per heavy atom. The van der Waals surface area contributed by atoms with Gasteiger partial charge in [0.15, 0.2) is 0 Å². The van der Waals surface area contributed by atoms with Crippen LogP contribution in [-0.2, 0) is 22.4 Å². The van der Waals surface area contributed by atoms with Gasteiger partial charge in [0.05, 0.1) is 12.2 Å². The molecule has 0 bridgehead atoms. The van der Waals surface area contributed by atoms with Crippen LogP contribution >= 0.6 is 11.3 Å². The maximum absolute atomic E-state index is 12.2. The van der Waals surface area contributed by atoms with Crippen LogP contribution in [0.15, 0.2) is 12.7 Å². The first-order valence-electron chi connectivity index (χ1n) is 7.75. The van der Waals surface area contributed by atoms with E-state index in [2.05, 4.69) is 18.0 Å². The van der Waals surface area contributed by atoms with Gasteiger partial charge in [-0.2, -0.15) is 5.26 Å². The Balaban J connectivity index is 2.08. The van der Waals surface area contributed by atoms with Crippen molar-refractivity contribution < 1.29 is 9.53 Å². The molecule has 0 saturated carbocycles. The summed E-state index contributed by atoms with van der Waals surface area (Å²) in [6.45, 7) is 5.82. The van der Waals surface area contributed by atoms with Crippen LogP contribution in [0.25, 0.3) is 0 Å². The van der Waals surface area contributed by atoms with E-state index in [0.717, 1.165) is 31.2 Å². The second-order valence-electron chi connectivity index (χ2n) is 5.46. The number of rotatable bonds is 6. The number of hydrogen-bond donors (Lipinski definition) is 1. The van der Waals surface area contributed by atoms with Crippen LogP contribution in [0.1, 0.15) is 48.6 Å². The highest BCUT2D eigenvalue weighted by Crippen LogP contribution is 2.37. The maximum Gasteiger partial charge on any atom is 0.253 e. The van der Waals surface area contributed by atoms with Crippen LogP contribution in [0.3, 0.4) is 0 Å². The number of nitrogens with zero attached hydrogens (tertiary/aromatic N) is 1. The molecule has 1 amide bonds. The molecule has 0 spiro atoms. The number of aryl methyl sites for hydroxylation is 1. The Kier molecular flexibility index (Phi) is 6.17. The van der Waals surface area contributed by atoms with Gasteiger partial charge >= 0.3 is 0 Å². The third-order valence-electron chi connectivity index (χ3n) is 3.83. The van der Waals surface area contributed by atoms with Gasteiger partial charge < -0.3 is 10.1 Å². The van der Waals surface area contributed by atoms with Crippen molar-refractivity contribution in [2.24, 2.45) is 0 Å². The molecule has 0 radical (unpaired) electrons. The summed E-state index contributed by atoms with van der Waals surface area (Å²) in [7, 11) is 0. The minimum atomic E-state index is -0.534. The number of hydrogen-bond acceptors (Lipinski definition) is 4. The van der Waals surface area contributed by atoms with Crippen molar-refractivity contribution in [3.05, 3.63) is 28.7 Å². The zero-order chi connectivity index (χ0) is 15.9. The van der Waals surface area contributed by atoms with Crippen molar-refractivity contribution in [1.82, 2.24) is 0 Å². The molecule has 0 saturated heterocycles. The monoisotopic (exact) mass is 318 g/mol. The van der Waals surface area contributed by atoms with E-state index in [-0.39, 0.29) is 5.91 Å².